The summed E-state index contributed by atoms with van der Waals surface area (Å²) in [6.45, 7) is 5.06. The van der Waals surface area contributed by atoms with E-state index in [1.165, 1.54) is 23.0 Å². The summed E-state index contributed by atoms with van der Waals surface area (Å²) in [5, 5.41) is 14.8. The maximum atomic E-state index is 12.2. The molecule has 0 bridgehead atoms. The van der Waals surface area contributed by atoms with Crippen molar-refractivity contribution in [3.63, 3.8) is 0 Å². The molecule has 0 saturated carbocycles. The van der Waals surface area contributed by atoms with Gasteiger partial charge in [-0.25, -0.2) is 8.42 Å². The lowest BCUT2D eigenvalue weighted by Gasteiger charge is -2.05. The number of sulfone groups is 1. The molecule has 0 amide bonds. The van der Waals surface area contributed by atoms with E-state index in [9.17, 15) is 13.6 Å². The molecule has 0 aliphatic heterocycles. The maximum absolute atomic E-state index is 12.2. The molecule has 0 spiro atoms. The average Bonchev–Trinajstić information content (AvgIpc) is 2.79. The molecule has 0 saturated heterocycles. The lowest BCUT2D eigenvalue weighted by Crippen LogP contribution is -2.37. The number of halogens is 1. The first-order valence-corrected chi connectivity index (χ1v) is 8.66. The second-order valence-electron chi connectivity index (χ2n) is 4.77. The van der Waals surface area contributed by atoms with Crippen molar-refractivity contribution in [2.45, 2.75) is 25.7 Å². The van der Waals surface area contributed by atoms with Crippen LogP contribution in [0, 0.1) is 6.92 Å². The standard InChI is InChI=1S/C14H17ClN3O3S/c1-4-22(20,21)13-6-5-7-17(19)14(13)18-11(3)12(9-16-18)8-10(2)15/h5-9,19H,4H2,1-3H3/q+1/b10-8-. The van der Waals surface area contributed by atoms with Gasteiger partial charge >= 0.3 is 5.82 Å². The predicted molar refractivity (Wildman–Crippen MR) is 82.9 cm³/mol. The Hall–Kier alpha value is -1.86. The van der Waals surface area contributed by atoms with Crippen molar-refractivity contribution in [3.8, 4) is 5.82 Å². The van der Waals surface area contributed by atoms with E-state index in [2.05, 4.69) is 5.10 Å². The molecule has 22 heavy (non-hydrogen) atoms. The van der Waals surface area contributed by atoms with Gasteiger partial charge in [-0.05, 0) is 29.9 Å². The molecule has 0 atom stereocenters. The summed E-state index contributed by atoms with van der Waals surface area (Å²) >= 11 is 5.87. The van der Waals surface area contributed by atoms with Crippen LogP contribution >= 0.6 is 11.6 Å². The second-order valence-corrected chi connectivity index (χ2v) is 7.62. The summed E-state index contributed by atoms with van der Waals surface area (Å²) < 4.78 is 26.6. The van der Waals surface area contributed by atoms with Gasteiger partial charge in [0.25, 0.3) is 0 Å². The van der Waals surface area contributed by atoms with Crippen LogP contribution in [0.1, 0.15) is 25.1 Å². The Morgan fingerprint density at radius 3 is 2.82 bits per heavy atom. The van der Waals surface area contributed by atoms with Crippen molar-refractivity contribution in [1.29, 1.82) is 0 Å². The van der Waals surface area contributed by atoms with Crippen LogP contribution in [0.15, 0.2) is 34.5 Å². The van der Waals surface area contributed by atoms with Crippen molar-refractivity contribution in [3.05, 3.63) is 40.8 Å². The van der Waals surface area contributed by atoms with Crippen LogP contribution in [0.5, 0.6) is 0 Å². The van der Waals surface area contributed by atoms with E-state index >= 15 is 0 Å². The largest absolute Gasteiger partial charge is 0.364 e. The van der Waals surface area contributed by atoms with Crippen LogP contribution in [-0.2, 0) is 9.84 Å². The third-order valence-electron chi connectivity index (χ3n) is 3.23. The molecule has 2 rings (SSSR count). The molecule has 0 fully saturated rings. The summed E-state index contributed by atoms with van der Waals surface area (Å²) in [7, 11) is -3.51. The van der Waals surface area contributed by atoms with Crippen molar-refractivity contribution in [2.75, 3.05) is 5.75 Å². The topological polar surface area (TPSA) is 76.1 Å². The summed E-state index contributed by atoms with van der Waals surface area (Å²) in [5.74, 6) is 0.00597. The highest BCUT2D eigenvalue weighted by Gasteiger charge is 2.29. The molecule has 0 aliphatic rings. The molecule has 2 heterocycles. The van der Waals surface area contributed by atoms with E-state index < -0.39 is 9.84 Å². The van der Waals surface area contributed by atoms with Gasteiger partial charge < -0.3 is 5.21 Å². The van der Waals surface area contributed by atoms with E-state index in [1.54, 1.807) is 33.0 Å². The summed E-state index contributed by atoms with van der Waals surface area (Å²) in [5.41, 5.74) is 1.41. The zero-order valence-electron chi connectivity index (χ0n) is 12.5. The van der Waals surface area contributed by atoms with Crippen LogP contribution in [0.4, 0.5) is 0 Å². The molecule has 0 aromatic carbocycles. The zero-order chi connectivity index (χ0) is 16.5. The van der Waals surface area contributed by atoms with Crippen LogP contribution in [0.2, 0.25) is 0 Å². The average molecular weight is 343 g/mol. The van der Waals surface area contributed by atoms with Gasteiger partial charge in [0.2, 0.25) is 0 Å². The van der Waals surface area contributed by atoms with Crippen molar-refractivity contribution >= 4 is 27.5 Å². The molecule has 0 unspecified atom stereocenters. The fourth-order valence-electron chi connectivity index (χ4n) is 2.06. The molecular weight excluding hydrogens is 326 g/mol. The lowest BCUT2D eigenvalue weighted by molar-refractivity contribution is -0.901. The van der Waals surface area contributed by atoms with Crippen LogP contribution < -0.4 is 4.73 Å². The zero-order valence-corrected chi connectivity index (χ0v) is 14.1. The second kappa shape index (κ2) is 6.10. The Balaban J connectivity index is 2.74. The first-order valence-electron chi connectivity index (χ1n) is 6.63. The number of allylic oxidation sites excluding steroid dienone is 1. The Morgan fingerprint density at radius 1 is 1.55 bits per heavy atom. The fraction of sp³-hybridized carbons (Fsp3) is 0.286. The smallest absolute Gasteiger partial charge is 0.350 e. The van der Waals surface area contributed by atoms with Crippen LogP contribution in [0.3, 0.4) is 0 Å². The number of aromatic nitrogens is 3. The normalized spacial score (nSPS) is 12.6. The minimum absolute atomic E-state index is 0.0179. The monoisotopic (exact) mass is 342 g/mol. The molecule has 2 aromatic rings. The van der Waals surface area contributed by atoms with E-state index in [0.717, 1.165) is 10.3 Å². The van der Waals surface area contributed by atoms with Gasteiger partial charge in [0, 0.05) is 17.5 Å². The van der Waals surface area contributed by atoms with E-state index in [4.69, 9.17) is 11.6 Å². The highest BCUT2D eigenvalue weighted by atomic mass is 35.5. The first kappa shape index (κ1) is 16.5. The fourth-order valence-corrected chi connectivity index (χ4v) is 3.23. The van der Waals surface area contributed by atoms with Gasteiger partial charge in [0.1, 0.15) is 11.9 Å². The van der Waals surface area contributed by atoms with Gasteiger partial charge in [0.15, 0.2) is 14.7 Å². The predicted octanol–water partition coefficient (Wildman–Crippen LogP) is 2.10. The van der Waals surface area contributed by atoms with E-state index in [0.29, 0.717) is 10.7 Å². The number of nitrogens with zero attached hydrogens (tertiary/aromatic N) is 3. The Kier molecular flexibility index (Phi) is 4.58. The molecule has 0 radical (unpaired) electrons. The van der Waals surface area contributed by atoms with Crippen molar-refractivity contribution in [2.24, 2.45) is 0 Å². The Labute approximate surface area is 134 Å². The molecule has 2 aromatic heterocycles. The Morgan fingerprint density at radius 2 is 2.23 bits per heavy atom. The van der Waals surface area contributed by atoms with E-state index in [-0.39, 0.29) is 16.5 Å². The third kappa shape index (κ3) is 3.00. The van der Waals surface area contributed by atoms with Crippen molar-refractivity contribution < 1.29 is 18.4 Å². The summed E-state index contributed by atoms with van der Waals surface area (Å²) in [4.78, 5) is 0.0179. The molecular formula is C14H17ClN3O3S+. The lowest BCUT2D eigenvalue weighted by atomic mass is 10.2. The third-order valence-corrected chi connectivity index (χ3v) is 5.09. The molecule has 0 aliphatic carbocycles. The Bertz CT molecular complexity index is 837. The minimum atomic E-state index is -3.51. The highest BCUT2D eigenvalue weighted by molar-refractivity contribution is 7.91. The molecule has 1 N–H and O–H groups in total. The molecule has 118 valence electrons. The molecule has 6 nitrogen and oxygen atoms in total. The minimum Gasteiger partial charge on any atom is -0.350 e. The van der Waals surface area contributed by atoms with Gasteiger partial charge in [-0.1, -0.05) is 28.3 Å². The summed E-state index contributed by atoms with van der Waals surface area (Å²) in [6, 6.07) is 2.92. The van der Waals surface area contributed by atoms with Gasteiger partial charge in [0.05, 0.1) is 11.9 Å². The number of hydrogen-bond acceptors (Lipinski definition) is 4. The van der Waals surface area contributed by atoms with Crippen LogP contribution in [-0.4, -0.2) is 29.2 Å². The number of pyridine rings is 1. The summed E-state index contributed by atoms with van der Waals surface area (Å²) in [6.07, 6.45) is 4.64. The van der Waals surface area contributed by atoms with Crippen LogP contribution in [0.25, 0.3) is 11.9 Å². The number of hydrogen-bond donors (Lipinski definition) is 1. The number of rotatable bonds is 4. The van der Waals surface area contributed by atoms with Gasteiger partial charge in [-0.15, -0.1) is 0 Å². The van der Waals surface area contributed by atoms with Gasteiger partial charge in [-0.3, -0.25) is 0 Å². The first-order chi connectivity index (χ1) is 10.3. The quantitative estimate of drug-likeness (QED) is 0.682. The molecule has 8 heteroatoms. The van der Waals surface area contributed by atoms with Crippen molar-refractivity contribution in [1.82, 2.24) is 9.78 Å². The van der Waals surface area contributed by atoms with Gasteiger partial charge in [-0.2, -0.15) is 0 Å². The SMILES string of the molecule is CCS(=O)(=O)c1ccc[n+](O)c1-n1ncc(/C=C(/C)Cl)c1C. The van der Waals surface area contributed by atoms with E-state index in [1.807, 2.05) is 0 Å². The highest BCUT2D eigenvalue weighted by Crippen LogP contribution is 2.21. The maximum Gasteiger partial charge on any atom is 0.364 e.